The van der Waals surface area contributed by atoms with E-state index in [1.807, 2.05) is 17.0 Å². The average Bonchev–Trinajstić information content (AvgIpc) is 3.38. The van der Waals surface area contributed by atoms with Gasteiger partial charge in [-0.1, -0.05) is 16.8 Å². The molecule has 160 valence electrons. The normalized spacial score (nSPS) is 18.2. The topological polar surface area (TPSA) is 91.6 Å². The molecule has 0 spiro atoms. The van der Waals surface area contributed by atoms with E-state index in [-0.39, 0.29) is 17.7 Å². The Morgan fingerprint density at radius 3 is 2.67 bits per heavy atom. The summed E-state index contributed by atoms with van der Waals surface area (Å²) in [6.07, 6.45) is 3.15. The monoisotopic (exact) mass is 431 g/mol. The number of hydrogen-bond donors (Lipinski definition) is 1. The third-order valence-corrected chi connectivity index (χ3v) is 5.99. The van der Waals surface area contributed by atoms with Crippen molar-refractivity contribution in [3.8, 4) is 11.4 Å². The van der Waals surface area contributed by atoms with Crippen LogP contribution in [0.5, 0.6) is 0 Å². The van der Waals surface area contributed by atoms with E-state index >= 15 is 0 Å². The SMILES string of the molecule is O=C(NCCN1CCCC1=O)C1CCN(Cc2nc(-c3ccc(Cl)cc3)no2)CC1. The number of piperidine rings is 1. The Bertz CT molecular complexity index is 877. The number of nitrogens with zero attached hydrogens (tertiary/aromatic N) is 4. The maximum Gasteiger partial charge on any atom is 0.241 e. The van der Waals surface area contributed by atoms with E-state index in [0.717, 1.165) is 44.5 Å². The molecule has 2 amide bonds. The van der Waals surface area contributed by atoms with Gasteiger partial charge in [-0.3, -0.25) is 14.5 Å². The Kier molecular flexibility index (Phi) is 6.64. The number of rotatable bonds is 7. The summed E-state index contributed by atoms with van der Waals surface area (Å²) in [5.74, 6) is 1.41. The minimum absolute atomic E-state index is 0.0165. The molecule has 1 N–H and O–H groups in total. The molecule has 0 unspecified atom stereocenters. The summed E-state index contributed by atoms with van der Waals surface area (Å²) in [4.78, 5) is 32.6. The van der Waals surface area contributed by atoms with Gasteiger partial charge in [0.15, 0.2) is 0 Å². The van der Waals surface area contributed by atoms with Crippen LogP contribution in [0.15, 0.2) is 28.8 Å². The van der Waals surface area contributed by atoms with Crippen molar-refractivity contribution in [1.29, 1.82) is 0 Å². The van der Waals surface area contributed by atoms with E-state index in [9.17, 15) is 9.59 Å². The highest BCUT2D eigenvalue weighted by Gasteiger charge is 2.26. The fourth-order valence-electron chi connectivity index (χ4n) is 3.98. The number of likely N-dealkylation sites (tertiary alicyclic amines) is 2. The fourth-order valence-corrected chi connectivity index (χ4v) is 4.10. The second kappa shape index (κ2) is 9.57. The van der Waals surface area contributed by atoms with Crippen molar-refractivity contribution < 1.29 is 14.1 Å². The van der Waals surface area contributed by atoms with Crippen molar-refractivity contribution in [1.82, 2.24) is 25.3 Å². The maximum atomic E-state index is 12.4. The van der Waals surface area contributed by atoms with Crippen molar-refractivity contribution >= 4 is 23.4 Å². The number of carbonyl (C=O) groups excluding carboxylic acids is 2. The highest BCUT2D eigenvalue weighted by Crippen LogP contribution is 2.21. The molecule has 2 saturated heterocycles. The van der Waals surface area contributed by atoms with E-state index < -0.39 is 0 Å². The molecular formula is C21H26ClN5O3. The molecule has 2 aromatic rings. The molecule has 0 bridgehead atoms. The average molecular weight is 432 g/mol. The molecule has 4 rings (SSSR count). The molecule has 2 fully saturated rings. The van der Waals surface area contributed by atoms with Gasteiger partial charge in [0.25, 0.3) is 0 Å². The standard InChI is InChI=1S/C21H26ClN5O3/c22-17-5-3-15(4-6-17)20-24-18(30-25-20)14-26-11-7-16(8-12-26)21(29)23-9-13-27-10-1-2-19(27)28/h3-6,16H,1-2,7-14H2,(H,23,29). The first-order valence-electron chi connectivity index (χ1n) is 10.4. The molecule has 0 atom stereocenters. The van der Waals surface area contributed by atoms with Crippen LogP contribution in [0, 0.1) is 5.92 Å². The molecule has 30 heavy (non-hydrogen) atoms. The lowest BCUT2D eigenvalue weighted by Gasteiger charge is -2.30. The van der Waals surface area contributed by atoms with Crippen LogP contribution in [0.3, 0.4) is 0 Å². The number of nitrogens with one attached hydrogen (secondary N) is 1. The lowest BCUT2D eigenvalue weighted by atomic mass is 9.96. The van der Waals surface area contributed by atoms with Crippen LogP contribution in [0.1, 0.15) is 31.6 Å². The van der Waals surface area contributed by atoms with Crippen molar-refractivity contribution in [3.05, 3.63) is 35.2 Å². The summed E-state index contributed by atoms with van der Waals surface area (Å²) >= 11 is 5.92. The third-order valence-electron chi connectivity index (χ3n) is 5.74. The predicted molar refractivity (Wildman–Crippen MR) is 112 cm³/mol. The Balaban J connectivity index is 1.19. The van der Waals surface area contributed by atoms with E-state index in [1.165, 1.54) is 0 Å². The van der Waals surface area contributed by atoms with Crippen molar-refractivity contribution in [2.45, 2.75) is 32.2 Å². The van der Waals surface area contributed by atoms with Gasteiger partial charge in [0, 0.05) is 42.6 Å². The van der Waals surface area contributed by atoms with Gasteiger partial charge in [-0.25, -0.2) is 0 Å². The zero-order chi connectivity index (χ0) is 20.9. The van der Waals surface area contributed by atoms with Gasteiger partial charge in [0.05, 0.1) is 6.54 Å². The summed E-state index contributed by atoms with van der Waals surface area (Å²) in [6, 6.07) is 7.32. The van der Waals surface area contributed by atoms with Gasteiger partial charge < -0.3 is 14.7 Å². The quantitative estimate of drug-likeness (QED) is 0.723. The minimum Gasteiger partial charge on any atom is -0.354 e. The Morgan fingerprint density at radius 1 is 1.20 bits per heavy atom. The lowest BCUT2D eigenvalue weighted by molar-refractivity contribution is -0.129. The van der Waals surface area contributed by atoms with Crippen molar-refractivity contribution in [2.75, 3.05) is 32.7 Å². The van der Waals surface area contributed by atoms with Gasteiger partial charge in [-0.2, -0.15) is 4.98 Å². The fraction of sp³-hybridized carbons (Fsp3) is 0.524. The van der Waals surface area contributed by atoms with E-state index in [4.69, 9.17) is 16.1 Å². The molecular weight excluding hydrogens is 406 g/mol. The van der Waals surface area contributed by atoms with Crippen molar-refractivity contribution in [3.63, 3.8) is 0 Å². The Morgan fingerprint density at radius 2 is 1.97 bits per heavy atom. The zero-order valence-corrected chi connectivity index (χ0v) is 17.6. The largest absolute Gasteiger partial charge is 0.354 e. The number of amides is 2. The predicted octanol–water partition coefficient (Wildman–Crippen LogP) is 2.34. The highest BCUT2D eigenvalue weighted by molar-refractivity contribution is 6.30. The second-order valence-corrected chi connectivity index (χ2v) is 8.28. The summed E-state index contributed by atoms with van der Waals surface area (Å²) in [5.41, 5.74) is 0.861. The lowest BCUT2D eigenvalue weighted by Crippen LogP contribution is -2.42. The molecule has 1 aromatic heterocycles. The molecule has 8 nitrogen and oxygen atoms in total. The van der Waals surface area contributed by atoms with E-state index in [2.05, 4.69) is 20.4 Å². The van der Waals surface area contributed by atoms with Crippen LogP contribution < -0.4 is 5.32 Å². The van der Waals surface area contributed by atoms with E-state index in [1.54, 1.807) is 12.1 Å². The second-order valence-electron chi connectivity index (χ2n) is 7.84. The van der Waals surface area contributed by atoms with Crippen LogP contribution >= 0.6 is 11.6 Å². The maximum absolute atomic E-state index is 12.4. The first-order chi connectivity index (χ1) is 14.6. The molecule has 2 aliphatic heterocycles. The summed E-state index contributed by atoms with van der Waals surface area (Å²) in [6.45, 7) is 4.13. The summed E-state index contributed by atoms with van der Waals surface area (Å²) < 4.78 is 5.39. The van der Waals surface area contributed by atoms with Crippen LogP contribution in [-0.2, 0) is 16.1 Å². The van der Waals surface area contributed by atoms with Crippen LogP contribution in [0.4, 0.5) is 0 Å². The van der Waals surface area contributed by atoms with Gasteiger partial charge in [0.1, 0.15) is 0 Å². The first kappa shape index (κ1) is 20.8. The Labute approximate surface area is 180 Å². The zero-order valence-electron chi connectivity index (χ0n) is 16.8. The number of benzene rings is 1. The number of hydrogen-bond acceptors (Lipinski definition) is 6. The highest BCUT2D eigenvalue weighted by atomic mass is 35.5. The first-order valence-corrected chi connectivity index (χ1v) is 10.8. The molecule has 3 heterocycles. The molecule has 9 heteroatoms. The van der Waals surface area contributed by atoms with Crippen LogP contribution in [0.2, 0.25) is 5.02 Å². The molecule has 2 aliphatic rings. The number of aromatic nitrogens is 2. The van der Waals surface area contributed by atoms with Gasteiger partial charge in [-0.05, 0) is 56.6 Å². The molecule has 0 aliphatic carbocycles. The molecule has 0 saturated carbocycles. The van der Waals surface area contributed by atoms with Crippen molar-refractivity contribution in [2.24, 2.45) is 5.92 Å². The Hall–Kier alpha value is -2.45. The summed E-state index contributed by atoms with van der Waals surface area (Å²) in [5, 5.41) is 7.70. The van der Waals surface area contributed by atoms with Crippen LogP contribution in [0.25, 0.3) is 11.4 Å². The third kappa shape index (κ3) is 5.17. The number of carbonyl (C=O) groups is 2. The minimum atomic E-state index is 0.0165. The van der Waals surface area contributed by atoms with Gasteiger partial charge in [0.2, 0.25) is 23.5 Å². The smallest absolute Gasteiger partial charge is 0.241 e. The molecule has 1 aromatic carbocycles. The van der Waals surface area contributed by atoms with Crippen LogP contribution in [-0.4, -0.2) is 64.5 Å². The number of halogens is 1. The van der Waals surface area contributed by atoms with E-state index in [0.29, 0.717) is 42.8 Å². The van der Waals surface area contributed by atoms with Gasteiger partial charge in [-0.15, -0.1) is 0 Å². The summed E-state index contributed by atoms with van der Waals surface area (Å²) in [7, 11) is 0. The van der Waals surface area contributed by atoms with Gasteiger partial charge >= 0.3 is 0 Å². The molecule has 0 radical (unpaired) electrons.